The molecule has 5 nitrogen and oxygen atoms in total. The SMILES string of the molecule is COc1ccc(CNC(=O)C2(CN)CC2)c(OC)c1. The van der Waals surface area contributed by atoms with E-state index in [1.54, 1.807) is 20.3 Å². The molecule has 0 unspecified atom stereocenters. The predicted molar refractivity (Wildman–Crippen MR) is 72.1 cm³/mol. The Labute approximate surface area is 113 Å². The highest BCUT2D eigenvalue weighted by Crippen LogP contribution is 2.44. The van der Waals surface area contributed by atoms with E-state index in [9.17, 15) is 4.79 Å². The van der Waals surface area contributed by atoms with Crippen molar-refractivity contribution >= 4 is 5.91 Å². The minimum atomic E-state index is -0.320. The van der Waals surface area contributed by atoms with Crippen LogP contribution in [0.25, 0.3) is 0 Å². The maximum absolute atomic E-state index is 12.0. The van der Waals surface area contributed by atoms with Crippen LogP contribution in [0.5, 0.6) is 11.5 Å². The highest BCUT2D eigenvalue weighted by molar-refractivity contribution is 5.85. The first-order valence-corrected chi connectivity index (χ1v) is 6.34. The van der Waals surface area contributed by atoms with Gasteiger partial charge in [0.2, 0.25) is 5.91 Å². The van der Waals surface area contributed by atoms with Gasteiger partial charge in [-0.3, -0.25) is 4.79 Å². The fourth-order valence-corrected chi connectivity index (χ4v) is 2.04. The quantitative estimate of drug-likeness (QED) is 0.805. The Bertz CT molecular complexity index is 470. The van der Waals surface area contributed by atoms with Gasteiger partial charge in [0.05, 0.1) is 19.6 Å². The van der Waals surface area contributed by atoms with Crippen LogP contribution in [-0.4, -0.2) is 26.7 Å². The highest BCUT2D eigenvalue weighted by Gasteiger charge is 2.48. The van der Waals surface area contributed by atoms with E-state index in [-0.39, 0.29) is 11.3 Å². The maximum atomic E-state index is 12.0. The van der Waals surface area contributed by atoms with Gasteiger partial charge in [0, 0.05) is 24.7 Å². The van der Waals surface area contributed by atoms with E-state index >= 15 is 0 Å². The van der Waals surface area contributed by atoms with Gasteiger partial charge in [-0.1, -0.05) is 0 Å². The largest absolute Gasteiger partial charge is 0.497 e. The average Bonchev–Trinajstić information content (AvgIpc) is 3.25. The summed E-state index contributed by atoms with van der Waals surface area (Å²) >= 11 is 0. The Morgan fingerprint density at radius 1 is 1.37 bits per heavy atom. The fraction of sp³-hybridized carbons (Fsp3) is 0.500. The number of rotatable bonds is 6. The molecule has 1 saturated carbocycles. The third kappa shape index (κ3) is 2.81. The van der Waals surface area contributed by atoms with Crippen molar-refractivity contribution in [1.82, 2.24) is 5.32 Å². The summed E-state index contributed by atoms with van der Waals surface area (Å²) in [7, 11) is 3.21. The van der Waals surface area contributed by atoms with Crippen molar-refractivity contribution in [3.8, 4) is 11.5 Å². The molecule has 1 amide bonds. The van der Waals surface area contributed by atoms with Crippen LogP contribution >= 0.6 is 0 Å². The molecule has 1 aromatic carbocycles. The Morgan fingerprint density at radius 3 is 2.63 bits per heavy atom. The van der Waals surface area contributed by atoms with Crippen LogP contribution in [-0.2, 0) is 11.3 Å². The molecule has 0 spiro atoms. The van der Waals surface area contributed by atoms with Crippen LogP contribution in [0.1, 0.15) is 18.4 Å². The third-order valence-corrected chi connectivity index (χ3v) is 3.66. The Morgan fingerprint density at radius 2 is 2.11 bits per heavy atom. The molecule has 0 atom stereocenters. The summed E-state index contributed by atoms with van der Waals surface area (Å²) in [6, 6.07) is 5.54. The Hall–Kier alpha value is -1.75. The lowest BCUT2D eigenvalue weighted by Gasteiger charge is -2.15. The van der Waals surface area contributed by atoms with Gasteiger partial charge >= 0.3 is 0 Å². The van der Waals surface area contributed by atoms with E-state index in [4.69, 9.17) is 15.2 Å². The van der Waals surface area contributed by atoms with E-state index in [1.807, 2.05) is 12.1 Å². The van der Waals surface area contributed by atoms with Crippen LogP contribution in [0.3, 0.4) is 0 Å². The summed E-state index contributed by atoms with van der Waals surface area (Å²) in [4.78, 5) is 12.0. The lowest BCUT2D eigenvalue weighted by molar-refractivity contribution is -0.126. The van der Waals surface area contributed by atoms with Crippen LogP contribution in [0.2, 0.25) is 0 Å². The number of carbonyl (C=O) groups is 1. The van der Waals surface area contributed by atoms with Crippen LogP contribution < -0.4 is 20.5 Å². The first-order chi connectivity index (χ1) is 9.15. The molecule has 1 aliphatic carbocycles. The molecule has 0 bridgehead atoms. The minimum Gasteiger partial charge on any atom is -0.497 e. The van der Waals surface area contributed by atoms with Gasteiger partial charge in [-0.25, -0.2) is 0 Å². The predicted octanol–water partition coefficient (Wildman–Crippen LogP) is 1.06. The zero-order chi connectivity index (χ0) is 13.9. The summed E-state index contributed by atoms with van der Waals surface area (Å²) in [6.45, 7) is 0.854. The van der Waals surface area contributed by atoms with E-state index in [1.165, 1.54) is 0 Å². The molecule has 0 saturated heterocycles. The molecule has 3 N–H and O–H groups in total. The number of methoxy groups -OCH3 is 2. The van der Waals surface area contributed by atoms with Crippen molar-refractivity contribution in [1.29, 1.82) is 0 Å². The van der Waals surface area contributed by atoms with Gasteiger partial charge in [0.1, 0.15) is 11.5 Å². The first kappa shape index (κ1) is 13.7. The molecule has 19 heavy (non-hydrogen) atoms. The van der Waals surface area contributed by atoms with Crippen LogP contribution in [0.15, 0.2) is 18.2 Å². The van der Waals surface area contributed by atoms with Gasteiger partial charge in [0.25, 0.3) is 0 Å². The van der Waals surface area contributed by atoms with Crippen molar-refractivity contribution in [2.24, 2.45) is 11.1 Å². The van der Waals surface area contributed by atoms with E-state index in [2.05, 4.69) is 5.32 Å². The standard InChI is InChI=1S/C14H20N2O3/c1-18-11-4-3-10(12(7-11)19-2)8-16-13(17)14(9-15)5-6-14/h3-4,7H,5-6,8-9,15H2,1-2H3,(H,16,17). The monoisotopic (exact) mass is 264 g/mol. The number of hydrogen-bond acceptors (Lipinski definition) is 4. The first-order valence-electron chi connectivity index (χ1n) is 6.34. The molecule has 2 rings (SSSR count). The third-order valence-electron chi connectivity index (χ3n) is 3.66. The summed E-state index contributed by atoms with van der Waals surface area (Å²) in [6.07, 6.45) is 1.77. The summed E-state index contributed by atoms with van der Waals surface area (Å²) < 4.78 is 10.4. The normalized spacial score (nSPS) is 15.7. The topological polar surface area (TPSA) is 73.6 Å². The van der Waals surface area contributed by atoms with Gasteiger partial charge in [0.15, 0.2) is 0 Å². The molecule has 0 radical (unpaired) electrons. The van der Waals surface area contributed by atoms with Gasteiger partial charge in [-0.05, 0) is 25.0 Å². The Balaban J connectivity index is 2.01. The zero-order valence-corrected chi connectivity index (χ0v) is 11.4. The highest BCUT2D eigenvalue weighted by atomic mass is 16.5. The maximum Gasteiger partial charge on any atom is 0.227 e. The van der Waals surface area contributed by atoms with Gasteiger partial charge in [-0.15, -0.1) is 0 Å². The second-order valence-electron chi connectivity index (χ2n) is 4.84. The van der Waals surface area contributed by atoms with Crippen LogP contribution in [0, 0.1) is 5.41 Å². The average molecular weight is 264 g/mol. The van der Waals surface area contributed by atoms with E-state index in [0.29, 0.717) is 18.8 Å². The summed E-state index contributed by atoms with van der Waals surface area (Å²) in [5.41, 5.74) is 6.23. The molecule has 1 fully saturated rings. The summed E-state index contributed by atoms with van der Waals surface area (Å²) in [5, 5.41) is 2.93. The van der Waals surface area contributed by atoms with Crippen LogP contribution in [0.4, 0.5) is 0 Å². The number of ether oxygens (including phenoxy) is 2. The lowest BCUT2D eigenvalue weighted by Crippen LogP contribution is -2.36. The lowest BCUT2D eigenvalue weighted by atomic mass is 10.1. The van der Waals surface area contributed by atoms with Crippen molar-refractivity contribution in [2.45, 2.75) is 19.4 Å². The number of carbonyl (C=O) groups excluding carboxylic acids is 1. The summed E-state index contributed by atoms with van der Waals surface area (Å²) in [5.74, 6) is 1.47. The molecule has 1 aromatic rings. The molecule has 1 aliphatic rings. The molecule has 0 aliphatic heterocycles. The number of nitrogens with two attached hydrogens (primary N) is 1. The van der Waals surface area contributed by atoms with Gasteiger partial charge < -0.3 is 20.5 Å². The van der Waals surface area contributed by atoms with Gasteiger partial charge in [-0.2, -0.15) is 0 Å². The van der Waals surface area contributed by atoms with Crippen molar-refractivity contribution in [3.63, 3.8) is 0 Å². The second-order valence-corrected chi connectivity index (χ2v) is 4.84. The van der Waals surface area contributed by atoms with E-state index in [0.717, 1.165) is 24.2 Å². The molecule has 5 heteroatoms. The molecule has 0 aromatic heterocycles. The van der Waals surface area contributed by atoms with E-state index < -0.39 is 0 Å². The number of benzene rings is 1. The zero-order valence-electron chi connectivity index (χ0n) is 11.4. The minimum absolute atomic E-state index is 0.0351. The second kappa shape index (κ2) is 5.48. The molecular formula is C14H20N2O3. The number of nitrogens with one attached hydrogen (secondary N) is 1. The Kier molecular flexibility index (Phi) is 3.95. The van der Waals surface area contributed by atoms with Crippen molar-refractivity contribution < 1.29 is 14.3 Å². The number of hydrogen-bond donors (Lipinski definition) is 2. The van der Waals surface area contributed by atoms with Crippen molar-refractivity contribution in [2.75, 3.05) is 20.8 Å². The fourth-order valence-electron chi connectivity index (χ4n) is 2.04. The van der Waals surface area contributed by atoms with Crippen molar-refractivity contribution in [3.05, 3.63) is 23.8 Å². The molecular weight excluding hydrogens is 244 g/mol. The molecule has 0 heterocycles. The molecule has 104 valence electrons. The number of amides is 1. The smallest absolute Gasteiger partial charge is 0.227 e.